The largest absolute Gasteiger partial charge is 0.453 e. The van der Waals surface area contributed by atoms with Crippen LogP contribution in [0.25, 0.3) is 0 Å². The fourth-order valence-corrected chi connectivity index (χ4v) is 2.83. The van der Waals surface area contributed by atoms with E-state index in [0.717, 1.165) is 17.0 Å². The number of likely N-dealkylation sites (tertiary alicyclic amines) is 1. The van der Waals surface area contributed by atoms with Crippen molar-refractivity contribution in [3.63, 3.8) is 0 Å². The van der Waals surface area contributed by atoms with Gasteiger partial charge in [-0.3, -0.25) is 0 Å². The highest BCUT2D eigenvalue weighted by Gasteiger charge is 2.16. The van der Waals surface area contributed by atoms with Gasteiger partial charge in [0.15, 0.2) is 4.67 Å². The summed E-state index contributed by atoms with van der Waals surface area (Å²) in [5, 5.41) is 3.54. The normalized spacial score (nSPS) is 20.2. The van der Waals surface area contributed by atoms with Crippen molar-refractivity contribution in [2.24, 2.45) is 5.92 Å². The molecule has 3 nitrogen and oxygen atoms in total. The van der Waals surface area contributed by atoms with Gasteiger partial charge in [0.2, 0.25) is 0 Å². The molecule has 2 atom stereocenters. The summed E-state index contributed by atoms with van der Waals surface area (Å²) in [6, 6.07) is 4.24. The van der Waals surface area contributed by atoms with E-state index in [-0.39, 0.29) is 6.04 Å². The van der Waals surface area contributed by atoms with E-state index in [9.17, 15) is 0 Å². The first-order valence-electron chi connectivity index (χ1n) is 6.86. The average Bonchev–Trinajstić information content (AvgIpc) is 2.97. The predicted molar refractivity (Wildman–Crippen MR) is 77.7 cm³/mol. The Labute approximate surface area is 118 Å². The smallest absolute Gasteiger partial charge is 0.169 e. The van der Waals surface area contributed by atoms with Crippen molar-refractivity contribution in [2.75, 3.05) is 26.2 Å². The van der Waals surface area contributed by atoms with Gasteiger partial charge in [-0.2, -0.15) is 0 Å². The van der Waals surface area contributed by atoms with E-state index in [1.165, 1.54) is 32.5 Å². The van der Waals surface area contributed by atoms with Crippen molar-refractivity contribution in [2.45, 2.75) is 32.7 Å². The molecule has 1 aromatic heterocycles. The van der Waals surface area contributed by atoms with Gasteiger partial charge in [-0.05, 0) is 73.4 Å². The van der Waals surface area contributed by atoms with Gasteiger partial charge in [-0.1, -0.05) is 6.92 Å². The van der Waals surface area contributed by atoms with E-state index < -0.39 is 0 Å². The van der Waals surface area contributed by atoms with Gasteiger partial charge in [0.05, 0.1) is 6.04 Å². The summed E-state index contributed by atoms with van der Waals surface area (Å²) < 4.78 is 6.36. The minimum atomic E-state index is 0.275. The van der Waals surface area contributed by atoms with Crippen LogP contribution >= 0.6 is 15.9 Å². The molecular formula is C14H23BrN2O. The number of hydrogen-bond acceptors (Lipinski definition) is 3. The molecular weight excluding hydrogens is 292 g/mol. The number of hydrogen-bond donors (Lipinski definition) is 1. The zero-order valence-corrected chi connectivity index (χ0v) is 12.9. The molecule has 2 heterocycles. The highest BCUT2D eigenvalue weighted by molar-refractivity contribution is 9.10. The topological polar surface area (TPSA) is 28.4 Å². The fourth-order valence-electron chi connectivity index (χ4n) is 2.51. The summed E-state index contributed by atoms with van der Waals surface area (Å²) >= 11 is 3.34. The second-order valence-electron chi connectivity index (χ2n) is 5.38. The van der Waals surface area contributed by atoms with Crippen molar-refractivity contribution < 1.29 is 4.42 Å². The van der Waals surface area contributed by atoms with Crippen LogP contribution in [0, 0.1) is 5.92 Å². The van der Waals surface area contributed by atoms with Crippen LogP contribution in [0.2, 0.25) is 0 Å². The highest BCUT2D eigenvalue weighted by Crippen LogP contribution is 2.20. The van der Waals surface area contributed by atoms with Gasteiger partial charge < -0.3 is 14.6 Å². The van der Waals surface area contributed by atoms with Crippen LogP contribution in [0.15, 0.2) is 21.2 Å². The minimum absolute atomic E-state index is 0.275. The zero-order chi connectivity index (χ0) is 13.0. The molecule has 4 heteroatoms. The first-order valence-corrected chi connectivity index (χ1v) is 7.65. The van der Waals surface area contributed by atoms with E-state index in [1.807, 2.05) is 12.1 Å². The molecule has 0 amide bonds. The monoisotopic (exact) mass is 314 g/mol. The Hall–Kier alpha value is -0.320. The molecule has 1 aliphatic heterocycles. The molecule has 1 fully saturated rings. The van der Waals surface area contributed by atoms with Gasteiger partial charge in [-0.15, -0.1) is 0 Å². The van der Waals surface area contributed by atoms with E-state index in [2.05, 4.69) is 40.0 Å². The van der Waals surface area contributed by atoms with Crippen molar-refractivity contribution in [1.29, 1.82) is 0 Å². The third kappa shape index (κ3) is 4.11. The van der Waals surface area contributed by atoms with Crippen molar-refractivity contribution in [3.05, 3.63) is 22.6 Å². The first-order chi connectivity index (χ1) is 8.65. The summed E-state index contributed by atoms with van der Waals surface area (Å²) in [6.07, 6.45) is 2.74. The molecule has 18 heavy (non-hydrogen) atoms. The molecule has 102 valence electrons. The maximum Gasteiger partial charge on any atom is 0.169 e. The summed E-state index contributed by atoms with van der Waals surface area (Å²) in [5.74, 6) is 1.68. The Morgan fingerprint density at radius 1 is 1.33 bits per heavy atom. The molecule has 0 aromatic carbocycles. The Morgan fingerprint density at radius 3 is 2.67 bits per heavy atom. The number of nitrogens with one attached hydrogen (secondary N) is 1. The van der Waals surface area contributed by atoms with E-state index >= 15 is 0 Å². The van der Waals surface area contributed by atoms with Crippen LogP contribution in [0.3, 0.4) is 0 Å². The van der Waals surface area contributed by atoms with Gasteiger partial charge in [0.25, 0.3) is 0 Å². The maximum atomic E-state index is 5.55. The standard InChI is InChI=1S/C14H23BrN2O/c1-11(10-17-7-3-4-8-17)9-16-12(2)13-5-6-14(15)18-13/h5-6,11-12,16H,3-4,7-10H2,1-2H3. The van der Waals surface area contributed by atoms with Gasteiger partial charge in [0.1, 0.15) is 5.76 Å². The molecule has 2 unspecified atom stereocenters. The zero-order valence-electron chi connectivity index (χ0n) is 11.3. The van der Waals surface area contributed by atoms with E-state index in [1.54, 1.807) is 0 Å². The molecule has 0 aliphatic carbocycles. The average molecular weight is 315 g/mol. The van der Waals surface area contributed by atoms with Crippen LogP contribution in [0.4, 0.5) is 0 Å². The molecule has 2 rings (SSSR count). The van der Waals surface area contributed by atoms with Crippen molar-refractivity contribution in [3.8, 4) is 0 Å². The molecule has 1 aliphatic rings. The minimum Gasteiger partial charge on any atom is -0.453 e. The highest BCUT2D eigenvalue weighted by atomic mass is 79.9. The molecule has 1 aromatic rings. The molecule has 0 spiro atoms. The fraction of sp³-hybridized carbons (Fsp3) is 0.714. The third-order valence-corrected chi connectivity index (χ3v) is 3.99. The molecule has 0 radical (unpaired) electrons. The number of furan rings is 1. The lowest BCUT2D eigenvalue weighted by Gasteiger charge is -2.22. The molecule has 1 N–H and O–H groups in total. The molecule has 0 bridgehead atoms. The summed E-state index contributed by atoms with van der Waals surface area (Å²) in [4.78, 5) is 2.57. The van der Waals surface area contributed by atoms with E-state index in [4.69, 9.17) is 4.42 Å². The van der Waals surface area contributed by atoms with Gasteiger partial charge >= 0.3 is 0 Å². The summed E-state index contributed by atoms with van der Waals surface area (Å²) in [7, 11) is 0. The lowest BCUT2D eigenvalue weighted by Crippen LogP contribution is -2.32. The summed E-state index contributed by atoms with van der Waals surface area (Å²) in [6.45, 7) is 9.28. The lowest BCUT2D eigenvalue weighted by molar-refractivity contribution is 0.275. The lowest BCUT2D eigenvalue weighted by atomic mass is 10.1. The summed E-state index contributed by atoms with van der Waals surface area (Å²) in [5.41, 5.74) is 0. The number of halogens is 1. The quantitative estimate of drug-likeness (QED) is 0.872. The van der Waals surface area contributed by atoms with Crippen LogP contribution in [0.1, 0.15) is 38.5 Å². The number of nitrogens with zero attached hydrogens (tertiary/aromatic N) is 1. The van der Waals surface area contributed by atoms with E-state index in [0.29, 0.717) is 5.92 Å². The second-order valence-corrected chi connectivity index (χ2v) is 6.17. The molecule has 0 saturated carbocycles. The SMILES string of the molecule is CC(CNC(C)c1ccc(Br)o1)CN1CCCC1. The van der Waals surface area contributed by atoms with Crippen LogP contribution in [0.5, 0.6) is 0 Å². The van der Waals surface area contributed by atoms with Crippen LogP contribution in [-0.2, 0) is 0 Å². The maximum absolute atomic E-state index is 5.55. The Kier molecular flexibility index (Phi) is 5.27. The first kappa shape index (κ1) is 14.1. The Balaban J connectivity index is 1.70. The Bertz CT molecular complexity index is 360. The van der Waals surface area contributed by atoms with Crippen LogP contribution < -0.4 is 5.32 Å². The predicted octanol–water partition coefficient (Wildman–Crippen LogP) is 3.42. The molecule has 1 saturated heterocycles. The van der Waals surface area contributed by atoms with Crippen molar-refractivity contribution in [1.82, 2.24) is 10.2 Å². The van der Waals surface area contributed by atoms with Gasteiger partial charge in [-0.25, -0.2) is 0 Å². The van der Waals surface area contributed by atoms with Crippen molar-refractivity contribution >= 4 is 15.9 Å². The second kappa shape index (κ2) is 6.73. The van der Waals surface area contributed by atoms with Crippen LogP contribution in [-0.4, -0.2) is 31.1 Å². The van der Waals surface area contributed by atoms with Gasteiger partial charge in [0, 0.05) is 6.54 Å². The Morgan fingerprint density at radius 2 is 2.06 bits per heavy atom. The number of rotatable bonds is 6. The third-order valence-electron chi connectivity index (χ3n) is 3.56.